The molecule has 4 heteroatoms. The van der Waals surface area contributed by atoms with Crippen molar-refractivity contribution in [2.24, 2.45) is 11.7 Å². The van der Waals surface area contributed by atoms with E-state index in [4.69, 9.17) is 5.73 Å². The predicted octanol–water partition coefficient (Wildman–Crippen LogP) is 3.27. The summed E-state index contributed by atoms with van der Waals surface area (Å²) in [5, 5.41) is 0. The summed E-state index contributed by atoms with van der Waals surface area (Å²) in [5.41, 5.74) is 6.87. The molecular weight excluding hydrogens is 310 g/mol. The van der Waals surface area contributed by atoms with Crippen molar-refractivity contribution in [3.63, 3.8) is 0 Å². The molecule has 1 aromatic carbocycles. The summed E-state index contributed by atoms with van der Waals surface area (Å²) in [6.07, 6.45) is 7.36. The Morgan fingerprint density at radius 3 is 2.48 bits per heavy atom. The number of hydrogen-bond donors (Lipinski definition) is 1. The Labute approximate surface area is 153 Å². The quantitative estimate of drug-likeness (QED) is 0.662. The summed E-state index contributed by atoms with van der Waals surface area (Å²) < 4.78 is 0. The van der Waals surface area contributed by atoms with Gasteiger partial charge in [0, 0.05) is 32.6 Å². The summed E-state index contributed by atoms with van der Waals surface area (Å²) in [6, 6.07) is 10.6. The largest absolute Gasteiger partial charge is 0.343 e. The van der Waals surface area contributed by atoms with Crippen molar-refractivity contribution in [3.8, 4) is 0 Å². The molecular formula is C21H35N3O. The van der Waals surface area contributed by atoms with Gasteiger partial charge >= 0.3 is 0 Å². The van der Waals surface area contributed by atoms with E-state index in [-0.39, 0.29) is 0 Å². The second-order valence-corrected chi connectivity index (χ2v) is 7.46. The minimum absolute atomic E-state index is 0.351. The van der Waals surface area contributed by atoms with E-state index < -0.39 is 0 Å². The predicted molar refractivity (Wildman–Crippen MR) is 104 cm³/mol. The fourth-order valence-electron chi connectivity index (χ4n) is 3.70. The molecule has 1 aliphatic rings. The molecule has 0 atom stereocenters. The molecule has 0 spiro atoms. The Morgan fingerprint density at radius 1 is 1.12 bits per heavy atom. The monoisotopic (exact) mass is 345 g/mol. The first-order valence-corrected chi connectivity index (χ1v) is 9.89. The molecule has 2 N–H and O–H groups in total. The fraction of sp³-hybridized carbons (Fsp3) is 0.667. The lowest BCUT2D eigenvalue weighted by molar-refractivity contribution is -0.132. The van der Waals surface area contributed by atoms with Crippen molar-refractivity contribution in [1.29, 1.82) is 0 Å². The van der Waals surface area contributed by atoms with Crippen LogP contribution in [-0.2, 0) is 11.3 Å². The molecule has 1 heterocycles. The number of rotatable bonds is 10. The lowest BCUT2D eigenvalue weighted by Gasteiger charge is -2.34. The zero-order valence-corrected chi connectivity index (χ0v) is 15.8. The molecule has 140 valence electrons. The van der Waals surface area contributed by atoms with E-state index in [1.807, 2.05) is 0 Å². The summed E-state index contributed by atoms with van der Waals surface area (Å²) in [5.74, 6) is 1.06. The van der Waals surface area contributed by atoms with E-state index in [1.54, 1.807) is 0 Å². The average molecular weight is 346 g/mol. The van der Waals surface area contributed by atoms with Crippen LogP contribution >= 0.6 is 0 Å². The van der Waals surface area contributed by atoms with Crippen LogP contribution in [0.5, 0.6) is 0 Å². The third-order valence-electron chi connectivity index (χ3n) is 5.18. The van der Waals surface area contributed by atoms with Crippen molar-refractivity contribution in [3.05, 3.63) is 35.9 Å². The first-order valence-electron chi connectivity index (χ1n) is 9.89. The van der Waals surface area contributed by atoms with Crippen LogP contribution in [0, 0.1) is 5.92 Å². The standard InChI is InChI=1S/C21H35N3O/c1-23(17-19-9-5-4-6-10-19)18-20-12-15-24(16-13-20)21(25)11-7-2-3-8-14-22/h4-6,9-10,20H,2-3,7-8,11-18,22H2,1H3. The molecule has 1 fully saturated rings. The van der Waals surface area contributed by atoms with E-state index >= 15 is 0 Å². The average Bonchev–Trinajstić information content (AvgIpc) is 2.63. The smallest absolute Gasteiger partial charge is 0.222 e. The molecule has 4 nitrogen and oxygen atoms in total. The van der Waals surface area contributed by atoms with Crippen molar-refractivity contribution in [2.75, 3.05) is 33.2 Å². The lowest BCUT2D eigenvalue weighted by atomic mass is 9.95. The van der Waals surface area contributed by atoms with Gasteiger partial charge in [-0.15, -0.1) is 0 Å². The third-order valence-corrected chi connectivity index (χ3v) is 5.18. The maximum absolute atomic E-state index is 12.3. The van der Waals surface area contributed by atoms with Gasteiger partial charge in [-0.05, 0) is 50.8 Å². The molecule has 1 saturated heterocycles. The number of piperidine rings is 1. The van der Waals surface area contributed by atoms with Crippen LogP contribution in [0.4, 0.5) is 0 Å². The fourth-order valence-corrected chi connectivity index (χ4v) is 3.70. The van der Waals surface area contributed by atoms with Crippen molar-refractivity contribution >= 4 is 5.91 Å². The maximum atomic E-state index is 12.3. The minimum atomic E-state index is 0.351. The number of likely N-dealkylation sites (tertiary alicyclic amines) is 1. The molecule has 2 rings (SSSR count). The van der Waals surface area contributed by atoms with Gasteiger partial charge in [0.1, 0.15) is 0 Å². The third kappa shape index (κ3) is 7.57. The van der Waals surface area contributed by atoms with Gasteiger partial charge in [0.25, 0.3) is 0 Å². The molecule has 1 aliphatic heterocycles. The molecule has 0 saturated carbocycles. The SMILES string of the molecule is CN(Cc1ccccc1)CC1CCN(C(=O)CCCCCCN)CC1. The lowest BCUT2D eigenvalue weighted by Crippen LogP contribution is -2.40. The summed E-state index contributed by atoms with van der Waals surface area (Å²) in [7, 11) is 2.20. The first-order chi connectivity index (χ1) is 12.2. The number of carbonyl (C=O) groups excluding carboxylic acids is 1. The highest BCUT2D eigenvalue weighted by molar-refractivity contribution is 5.76. The normalized spacial score (nSPS) is 15.7. The summed E-state index contributed by atoms with van der Waals surface area (Å²) in [6.45, 7) is 4.76. The zero-order valence-electron chi connectivity index (χ0n) is 15.8. The molecule has 0 radical (unpaired) electrons. The number of hydrogen-bond acceptors (Lipinski definition) is 3. The number of nitrogens with two attached hydrogens (primary N) is 1. The molecule has 25 heavy (non-hydrogen) atoms. The van der Waals surface area contributed by atoms with Gasteiger partial charge in [-0.25, -0.2) is 0 Å². The Hall–Kier alpha value is -1.39. The Balaban J connectivity index is 1.61. The van der Waals surface area contributed by atoms with Gasteiger partial charge < -0.3 is 15.5 Å². The minimum Gasteiger partial charge on any atom is -0.343 e. The number of unbranched alkanes of at least 4 members (excludes halogenated alkanes) is 3. The maximum Gasteiger partial charge on any atom is 0.222 e. The van der Waals surface area contributed by atoms with Crippen LogP contribution in [-0.4, -0.2) is 48.9 Å². The van der Waals surface area contributed by atoms with E-state index in [9.17, 15) is 4.79 Å². The van der Waals surface area contributed by atoms with Crippen LogP contribution in [0.1, 0.15) is 50.5 Å². The van der Waals surface area contributed by atoms with E-state index in [0.29, 0.717) is 18.2 Å². The highest BCUT2D eigenvalue weighted by atomic mass is 16.2. The molecule has 0 bridgehead atoms. The van der Waals surface area contributed by atoms with Crippen LogP contribution in [0.15, 0.2) is 30.3 Å². The Bertz CT molecular complexity index is 483. The number of carbonyl (C=O) groups is 1. The molecule has 1 aromatic rings. The van der Waals surface area contributed by atoms with Crippen LogP contribution < -0.4 is 5.73 Å². The van der Waals surface area contributed by atoms with Crippen molar-refractivity contribution in [2.45, 2.75) is 51.5 Å². The summed E-state index contributed by atoms with van der Waals surface area (Å²) in [4.78, 5) is 16.8. The van der Waals surface area contributed by atoms with Crippen LogP contribution in [0.25, 0.3) is 0 Å². The molecule has 0 aliphatic carbocycles. The second-order valence-electron chi connectivity index (χ2n) is 7.46. The number of amides is 1. The molecule has 1 amide bonds. The second kappa shape index (κ2) is 11.3. The van der Waals surface area contributed by atoms with Gasteiger partial charge in [0.05, 0.1) is 0 Å². The van der Waals surface area contributed by atoms with E-state index in [2.05, 4.69) is 47.2 Å². The Kier molecular flexibility index (Phi) is 8.98. The van der Waals surface area contributed by atoms with E-state index in [1.165, 1.54) is 5.56 Å². The van der Waals surface area contributed by atoms with Crippen LogP contribution in [0.3, 0.4) is 0 Å². The van der Waals surface area contributed by atoms with Gasteiger partial charge in [0.15, 0.2) is 0 Å². The topological polar surface area (TPSA) is 49.6 Å². The highest BCUT2D eigenvalue weighted by Gasteiger charge is 2.23. The van der Waals surface area contributed by atoms with E-state index in [0.717, 1.165) is 71.2 Å². The molecule has 0 unspecified atom stereocenters. The number of nitrogens with zero attached hydrogens (tertiary/aromatic N) is 2. The first kappa shape index (κ1) is 19.9. The van der Waals surface area contributed by atoms with Gasteiger partial charge in [0.2, 0.25) is 5.91 Å². The molecule has 0 aromatic heterocycles. The van der Waals surface area contributed by atoms with Crippen LogP contribution in [0.2, 0.25) is 0 Å². The zero-order chi connectivity index (χ0) is 17.9. The van der Waals surface area contributed by atoms with Gasteiger partial charge in [-0.3, -0.25) is 4.79 Å². The van der Waals surface area contributed by atoms with Crippen molar-refractivity contribution in [1.82, 2.24) is 9.80 Å². The van der Waals surface area contributed by atoms with Gasteiger partial charge in [-0.2, -0.15) is 0 Å². The summed E-state index contributed by atoms with van der Waals surface area (Å²) >= 11 is 0. The van der Waals surface area contributed by atoms with Gasteiger partial charge in [-0.1, -0.05) is 43.2 Å². The number of benzene rings is 1. The highest BCUT2D eigenvalue weighted by Crippen LogP contribution is 2.20. The van der Waals surface area contributed by atoms with Crippen molar-refractivity contribution < 1.29 is 4.79 Å². The Morgan fingerprint density at radius 2 is 1.80 bits per heavy atom.